The third-order valence-corrected chi connectivity index (χ3v) is 3.92. The van der Waals surface area contributed by atoms with Crippen molar-refractivity contribution in [2.75, 3.05) is 0 Å². The second-order valence-corrected chi connectivity index (χ2v) is 5.45. The van der Waals surface area contributed by atoms with Crippen molar-refractivity contribution in [3.63, 3.8) is 0 Å². The van der Waals surface area contributed by atoms with E-state index in [9.17, 15) is 8.78 Å². The van der Waals surface area contributed by atoms with Gasteiger partial charge >= 0.3 is 0 Å². The van der Waals surface area contributed by atoms with Gasteiger partial charge in [-0.15, -0.1) is 0 Å². The van der Waals surface area contributed by atoms with Crippen LogP contribution in [0.5, 0.6) is 5.75 Å². The molecule has 21 heavy (non-hydrogen) atoms. The molecule has 0 N–H and O–H groups in total. The summed E-state index contributed by atoms with van der Waals surface area (Å²) >= 11 is 0. The van der Waals surface area contributed by atoms with Gasteiger partial charge in [0.05, 0.1) is 6.26 Å². The third-order valence-electron chi connectivity index (χ3n) is 3.92. The lowest BCUT2D eigenvalue weighted by molar-refractivity contribution is 0.406. The van der Waals surface area contributed by atoms with Crippen LogP contribution in [-0.2, 0) is 0 Å². The minimum absolute atomic E-state index is 0.0626. The molecule has 1 atom stereocenters. The smallest absolute Gasteiger partial charge is 0.201 e. The van der Waals surface area contributed by atoms with Crippen LogP contribution in [0, 0.1) is 11.6 Å². The lowest BCUT2D eigenvalue weighted by Crippen LogP contribution is -2.08. The van der Waals surface area contributed by atoms with E-state index in [1.54, 1.807) is 19.1 Å². The Morgan fingerprint density at radius 2 is 2.10 bits per heavy atom. The van der Waals surface area contributed by atoms with E-state index < -0.39 is 11.6 Å². The van der Waals surface area contributed by atoms with Crippen LogP contribution in [0.25, 0.3) is 0 Å². The first kappa shape index (κ1) is 15.7. The van der Waals surface area contributed by atoms with Gasteiger partial charge < -0.3 is 4.74 Å². The zero-order chi connectivity index (χ0) is 15.2. The van der Waals surface area contributed by atoms with Gasteiger partial charge in [0.1, 0.15) is 0 Å². The minimum atomic E-state index is -0.895. The van der Waals surface area contributed by atoms with Crippen molar-refractivity contribution in [3.05, 3.63) is 53.3 Å². The highest BCUT2D eigenvalue weighted by Crippen LogP contribution is 2.36. The summed E-state index contributed by atoms with van der Waals surface area (Å²) in [5.41, 5.74) is 1.91. The summed E-state index contributed by atoms with van der Waals surface area (Å²) in [5, 5.41) is 0. The van der Waals surface area contributed by atoms with E-state index in [1.807, 2.05) is 0 Å². The third kappa shape index (κ3) is 3.72. The minimum Gasteiger partial charge on any atom is -0.462 e. The zero-order valence-corrected chi connectivity index (χ0v) is 12.7. The molecule has 1 aliphatic rings. The average Bonchev–Trinajstić information content (AvgIpc) is 2.50. The number of ether oxygens (including phenoxy) is 1. The van der Waals surface area contributed by atoms with Gasteiger partial charge in [0, 0.05) is 0 Å². The van der Waals surface area contributed by atoms with Crippen LogP contribution in [0.1, 0.15) is 57.4 Å². The predicted molar refractivity (Wildman–Crippen MR) is 81.4 cm³/mol. The quantitative estimate of drug-likeness (QED) is 0.487. The number of hydrogen-bond donors (Lipinski definition) is 0. The molecule has 0 saturated heterocycles. The Kier molecular flexibility index (Phi) is 5.54. The number of rotatable bonds is 5. The highest BCUT2D eigenvalue weighted by molar-refractivity contribution is 5.34. The van der Waals surface area contributed by atoms with E-state index in [0.717, 1.165) is 32.1 Å². The fourth-order valence-corrected chi connectivity index (χ4v) is 2.81. The van der Waals surface area contributed by atoms with Crippen LogP contribution in [0.15, 0.2) is 36.1 Å². The molecule has 0 aromatic heterocycles. The average molecular weight is 292 g/mol. The maximum Gasteiger partial charge on any atom is 0.201 e. The topological polar surface area (TPSA) is 9.23 Å². The first-order chi connectivity index (χ1) is 10.2. The van der Waals surface area contributed by atoms with Crippen LogP contribution in [-0.4, -0.2) is 0 Å². The maximum absolute atomic E-state index is 14.2. The van der Waals surface area contributed by atoms with Crippen molar-refractivity contribution in [1.82, 2.24) is 0 Å². The van der Waals surface area contributed by atoms with E-state index in [0.29, 0.717) is 5.56 Å². The van der Waals surface area contributed by atoms with E-state index >= 15 is 0 Å². The van der Waals surface area contributed by atoms with E-state index in [2.05, 4.69) is 13.0 Å². The highest BCUT2D eigenvalue weighted by Gasteiger charge is 2.22. The number of benzene rings is 1. The first-order valence-corrected chi connectivity index (χ1v) is 7.61. The zero-order valence-electron chi connectivity index (χ0n) is 12.7. The molecule has 114 valence electrons. The molecule has 1 aliphatic carbocycles. The molecule has 0 amide bonds. The second kappa shape index (κ2) is 7.39. The Balaban J connectivity index is 2.16. The van der Waals surface area contributed by atoms with Crippen LogP contribution in [0.2, 0.25) is 0 Å². The molecule has 1 unspecified atom stereocenters. The summed E-state index contributed by atoms with van der Waals surface area (Å²) in [4.78, 5) is 0. The fourth-order valence-electron chi connectivity index (χ4n) is 2.81. The Morgan fingerprint density at radius 3 is 2.71 bits per heavy atom. The molecular formula is C18H22F2O. The van der Waals surface area contributed by atoms with Gasteiger partial charge in [-0.05, 0) is 50.2 Å². The Bertz CT molecular complexity index is 546. The number of allylic oxidation sites excluding steroid dienone is 3. The van der Waals surface area contributed by atoms with E-state index in [4.69, 9.17) is 4.74 Å². The molecule has 1 aromatic carbocycles. The molecule has 1 nitrogen and oxygen atoms in total. The second-order valence-electron chi connectivity index (χ2n) is 5.45. The fraction of sp³-hybridized carbons (Fsp3) is 0.444. The molecule has 0 fully saturated rings. The normalized spacial score (nSPS) is 18.9. The molecule has 0 spiro atoms. The van der Waals surface area contributed by atoms with Gasteiger partial charge in [0.2, 0.25) is 5.82 Å². The molecule has 0 aliphatic heterocycles. The Labute approximate surface area is 125 Å². The van der Waals surface area contributed by atoms with Gasteiger partial charge in [-0.1, -0.05) is 37.1 Å². The van der Waals surface area contributed by atoms with Crippen molar-refractivity contribution < 1.29 is 13.5 Å². The molecule has 0 saturated carbocycles. The molecule has 0 heterocycles. The van der Waals surface area contributed by atoms with E-state index in [1.165, 1.54) is 17.9 Å². The molecular weight excluding hydrogens is 270 g/mol. The van der Waals surface area contributed by atoms with Gasteiger partial charge in [-0.2, -0.15) is 4.39 Å². The van der Waals surface area contributed by atoms with Crippen LogP contribution >= 0.6 is 0 Å². The molecule has 3 heteroatoms. The lowest BCUT2D eigenvalue weighted by Gasteiger charge is -2.23. The van der Waals surface area contributed by atoms with Crippen LogP contribution in [0.3, 0.4) is 0 Å². The van der Waals surface area contributed by atoms with E-state index in [-0.39, 0.29) is 11.7 Å². The summed E-state index contributed by atoms with van der Waals surface area (Å²) in [6.07, 6.45) is 10.1. The van der Waals surface area contributed by atoms with Gasteiger partial charge in [0.25, 0.3) is 0 Å². The summed E-state index contributed by atoms with van der Waals surface area (Å²) in [5.74, 6) is -1.66. The Morgan fingerprint density at radius 1 is 1.29 bits per heavy atom. The summed E-state index contributed by atoms with van der Waals surface area (Å²) < 4.78 is 33.3. The predicted octanol–water partition coefficient (Wildman–Crippen LogP) is 5.87. The van der Waals surface area contributed by atoms with Crippen molar-refractivity contribution >= 4 is 0 Å². The molecule has 0 radical (unpaired) electrons. The monoisotopic (exact) mass is 292 g/mol. The van der Waals surface area contributed by atoms with Gasteiger partial charge in [-0.25, -0.2) is 4.39 Å². The van der Waals surface area contributed by atoms with Gasteiger partial charge in [0.15, 0.2) is 11.6 Å². The number of halogens is 2. The summed E-state index contributed by atoms with van der Waals surface area (Å²) in [6.45, 7) is 3.91. The maximum atomic E-state index is 14.2. The largest absolute Gasteiger partial charge is 0.462 e. The summed E-state index contributed by atoms with van der Waals surface area (Å²) in [6, 6.07) is 3.17. The SMILES string of the molecule is CC=COc1ccc(C2CC=C(CCC)CC2)c(F)c1F. The Hall–Kier alpha value is -1.64. The standard InChI is InChI=1S/C18H22F2O/c1-3-5-13-6-8-14(9-7-13)15-10-11-16(21-12-4-2)18(20)17(15)19/h4,6,10-12,14H,3,5,7-9H2,1-2H3. The van der Waals surface area contributed by atoms with Crippen molar-refractivity contribution in [2.45, 2.75) is 51.9 Å². The van der Waals surface area contributed by atoms with Gasteiger partial charge in [-0.3, -0.25) is 0 Å². The first-order valence-electron chi connectivity index (χ1n) is 7.61. The van der Waals surface area contributed by atoms with Crippen LogP contribution in [0.4, 0.5) is 8.78 Å². The van der Waals surface area contributed by atoms with Crippen molar-refractivity contribution in [2.24, 2.45) is 0 Å². The highest BCUT2D eigenvalue weighted by atomic mass is 19.2. The molecule has 1 aromatic rings. The van der Waals surface area contributed by atoms with Crippen molar-refractivity contribution in [3.8, 4) is 5.75 Å². The number of hydrogen-bond acceptors (Lipinski definition) is 1. The molecule has 2 rings (SSSR count). The van der Waals surface area contributed by atoms with Crippen LogP contribution < -0.4 is 4.74 Å². The summed E-state index contributed by atoms with van der Waals surface area (Å²) in [7, 11) is 0. The lowest BCUT2D eigenvalue weighted by atomic mass is 9.83. The van der Waals surface area contributed by atoms with Crippen molar-refractivity contribution in [1.29, 1.82) is 0 Å². The molecule has 0 bridgehead atoms.